The van der Waals surface area contributed by atoms with Crippen LogP contribution in [0.5, 0.6) is 0 Å². The van der Waals surface area contributed by atoms with Crippen LogP contribution in [0.25, 0.3) is 0 Å². The van der Waals surface area contributed by atoms with Gasteiger partial charge in [0.1, 0.15) is 12.7 Å². The predicted molar refractivity (Wildman–Crippen MR) is 129 cm³/mol. The van der Waals surface area contributed by atoms with Crippen molar-refractivity contribution in [2.45, 2.75) is 43.9 Å². The minimum absolute atomic E-state index is 0.0552. The lowest BCUT2D eigenvalue weighted by Gasteiger charge is -2.40. The average Bonchev–Trinajstić information content (AvgIpc) is 2.89. The van der Waals surface area contributed by atoms with Gasteiger partial charge in [-0.15, -0.1) is 6.42 Å². The number of aliphatic hydroxyl groups is 4. The van der Waals surface area contributed by atoms with E-state index in [1.165, 1.54) is 12.1 Å². The van der Waals surface area contributed by atoms with Gasteiger partial charge in [-0.25, -0.2) is 14.4 Å². The maximum atomic E-state index is 12.3. The maximum absolute atomic E-state index is 12.3. The van der Waals surface area contributed by atoms with Crippen molar-refractivity contribution in [2.24, 2.45) is 0 Å². The molecule has 0 radical (unpaired) electrons. The van der Waals surface area contributed by atoms with Gasteiger partial charge in [-0.3, -0.25) is 10.6 Å². The Morgan fingerprint density at radius 3 is 2.13 bits per heavy atom. The first-order chi connectivity index (χ1) is 18.1. The number of nitrogens with one attached hydrogen (secondary N) is 2. The van der Waals surface area contributed by atoms with E-state index in [1.54, 1.807) is 36.4 Å². The van der Waals surface area contributed by atoms with E-state index < -0.39 is 55.5 Å². The summed E-state index contributed by atoms with van der Waals surface area (Å²) in [6.07, 6.45) is -2.72. The van der Waals surface area contributed by atoms with E-state index in [0.717, 1.165) is 0 Å². The maximum Gasteiger partial charge on any atom is 0.413 e. The number of anilines is 2. The quantitative estimate of drug-likeness (QED) is 0.122. The first-order valence-corrected chi connectivity index (χ1v) is 11.2. The number of esters is 1. The molecule has 0 spiro atoms. The minimum Gasteiger partial charge on any atom is -0.450 e. The van der Waals surface area contributed by atoms with Crippen LogP contribution in [0.15, 0.2) is 48.5 Å². The van der Waals surface area contributed by atoms with Crippen molar-refractivity contribution in [3.8, 4) is 12.3 Å². The first kappa shape index (κ1) is 28.4. The van der Waals surface area contributed by atoms with Crippen molar-refractivity contribution >= 4 is 29.5 Å². The number of rotatable bonds is 8. The molecular formula is C25H26N2O11. The van der Waals surface area contributed by atoms with Crippen molar-refractivity contribution < 1.29 is 53.8 Å². The number of hydrogen-bond donors (Lipinski definition) is 6. The summed E-state index contributed by atoms with van der Waals surface area (Å²) in [7, 11) is 0. The molecule has 6 N–H and O–H groups in total. The second-order valence-corrected chi connectivity index (χ2v) is 8.08. The highest BCUT2D eigenvalue weighted by Crippen LogP contribution is 2.29. The zero-order valence-corrected chi connectivity index (χ0v) is 19.9. The van der Waals surface area contributed by atoms with E-state index in [2.05, 4.69) is 15.4 Å². The highest BCUT2D eigenvalue weighted by molar-refractivity contribution is 5.85. The Morgan fingerprint density at radius 1 is 0.974 bits per heavy atom. The zero-order chi connectivity index (χ0) is 27.7. The standard InChI is InChI=1S/C25H26N2O11/c1-2-11-35-22(30)21-25(33,34)19(29)12-20(37-21)38-24(32)27-18-9-5-16(6-10-18)14-36-23(31)26-17-7-3-15(13-28)4-8-17/h1,3-10,19-21,28-29,33-34H,11-14H2,(H,26,31)(H,27,32). The average molecular weight is 530 g/mol. The van der Waals surface area contributed by atoms with Crippen LogP contribution in [0, 0.1) is 12.3 Å². The molecule has 1 aliphatic rings. The van der Waals surface area contributed by atoms with E-state index in [1.807, 2.05) is 5.92 Å². The summed E-state index contributed by atoms with van der Waals surface area (Å²) in [6.45, 7) is -0.633. The molecule has 38 heavy (non-hydrogen) atoms. The van der Waals surface area contributed by atoms with Crippen LogP contribution in [0.2, 0.25) is 0 Å². The van der Waals surface area contributed by atoms with E-state index in [0.29, 0.717) is 22.5 Å². The molecule has 2 aromatic rings. The molecule has 3 rings (SSSR count). The molecule has 1 saturated heterocycles. The van der Waals surface area contributed by atoms with Crippen LogP contribution in [0.3, 0.4) is 0 Å². The van der Waals surface area contributed by atoms with Crippen LogP contribution >= 0.6 is 0 Å². The SMILES string of the molecule is C#CCOC(=O)C1OC(OC(=O)Nc2ccc(COC(=O)Nc3ccc(CO)cc3)cc2)CC(O)C1(O)O. The second-order valence-electron chi connectivity index (χ2n) is 8.08. The molecule has 2 aromatic carbocycles. The fourth-order valence-electron chi connectivity index (χ4n) is 3.28. The summed E-state index contributed by atoms with van der Waals surface area (Å²) in [6, 6.07) is 12.8. The topological polar surface area (TPSA) is 193 Å². The van der Waals surface area contributed by atoms with Crippen LogP contribution in [-0.4, -0.2) is 69.5 Å². The van der Waals surface area contributed by atoms with Crippen LogP contribution < -0.4 is 10.6 Å². The number of hydrogen-bond acceptors (Lipinski definition) is 11. The van der Waals surface area contributed by atoms with Gasteiger partial charge >= 0.3 is 18.2 Å². The first-order valence-electron chi connectivity index (χ1n) is 11.2. The minimum atomic E-state index is -2.98. The molecule has 13 heteroatoms. The smallest absolute Gasteiger partial charge is 0.413 e. The zero-order valence-electron chi connectivity index (χ0n) is 19.9. The highest BCUT2D eigenvalue weighted by atomic mass is 16.7. The number of carbonyl (C=O) groups excluding carboxylic acids is 3. The number of amides is 2. The summed E-state index contributed by atoms with van der Waals surface area (Å²) >= 11 is 0. The van der Waals surface area contributed by atoms with Gasteiger partial charge in [0.25, 0.3) is 0 Å². The Hall–Kier alpha value is -4.19. The van der Waals surface area contributed by atoms with Crippen LogP contribution in [0.4, 0.5) is 21.0 Å². The van der Waals surface area contributed by atoms with Crippen molar-refractivity contribution in [1.29, 1.82) is 0 Å². The summed E-state index contributed by atoms with van der Waals surface area (Å²) in [5, 5.41) is 44.0. The number of aliphatic hydroxyl groups excluding tert-OH is 2. The van der Waals surface area contributed by atoms with Crippen molar-refractivity contribution in [3.05, 3.63) is 59.7 Å². The summed E-state index contributed by atoms with van der Waals surface area (Å²) in [5.41, 5.74) is 2.11. The third-order valence-corrected chi connectivity index (χ3v) is 5.28. The van der Waals surface area contributed by atoms with Crippen LogP contribution in [0.1, 0.15) is 17.5 Å². The summed E-state index contributed by atoms with van der Waals surface area (Å²) < 4.78 is 19.9. The molecule has 0 aliphatic carbocycles. The van der Waals surface area contributed by atoms with Crippen LogP contribution in [-0.2, 0) is 37.0 Å². The molecule has 1 aliphatic heterocycles. The van der Waals surface area contributed by atoms with Gasteiger partial charge in [0.15, 0.2) is 6.61 Å². The van der Waals surface area contributed by atoms with Gasteiger partial charge in [0.05, 0.1) is 6.61 Å². The van der Waals surface area contributed by atoms with Crippen molar-refractivity contribution in [3.63, 3.8) is 0 Å². The normalized spacial score (nSPS) is 19.9. The number of benzene rings is 2. The van der Waals surface area contributed by atoms with Crippen molar-refractivity contribution in [1.82, 2.24) is 0 Å². The van der Waals surface area contributed by atoms with Gasteiger partial charge in [0, 0.05) is 17.8 Å². The monoisotopic (exact) mass is 530 g/mol. The lowest BCUT2D eigenvalue weighted by molar-refractivity contribution is -0.340. The lowest BCUT2D eigenvalue weighted by atomic mass is 9.97. The largest absolute Gasteiger partial charge is 0.450 e. The van der Waals surface area contributed by atoms with E-state index in [4.69, 9.17) is 25.7 Å². The summed E-state index contributed by atoms with van der Waals surface area (Å²) in [4.78, 5) is 36.2. The third-order valence-electron chi connectivity index (χ3n) is 5.28. The molecule has 0 bridgehead atoms. The Kier molecular flexibility index (Phi) is 9.61. The molecule has 13 nitrogen and oxygen atoms in total. The van der Waals surface area contributed by atoms with Gasteiger partial charge in [-0.2, -0.15) is 0 Å². The Bertz CT molecular complexity index is 1160. The number of ether oxygens (including phenoxy) is 4. The molecule has 0 aromatic heterocycles. The van der Waals surface area contributed by atoms with Gasteiger partial charge in [0.2, 0.25) is 18.2 Å². The van der Waals surface area contributed by atoms with E-state index >= 15 is 0 Å². The molecule has 1 heterocycles. The molecular weight excluding hydrogens is 504 g/mol. The molecule has 2 amide bonds. The fraction of sp³-hybridized carbons (Fsp3) is 0.320. The lowest BCUT2D eigenvalue weighted by Crippen LogP contribution is -2.63. The Balaban J connectivity index is 1.47. The number of terminal acetylenes is 1. The molecule has 1 fully saturated rings. The molecule has 3 atom stereocenters. The van der Waals surface area contributed by atoms with E-state index in [9.17, 15) is 29.7 Å². The van der Waals surface area contributed by atoms with E-state index in [-0.39, 0.29) is 13.2 Å². The summed E-state index contributed by atoms with van der Waals surface area (Å²) in [5.74, 6) is -2.22. The molecule has 3 unspecified atom stereocenters. The van der Waals surface area contributed by atoms with Gasteiger partial charge < -0.3 is 39.4 Å². The van der Waals surface area contributed by atoms with Gasteiger partial charge in [-0.1, -0.05) is 30.2 Å². The molecule has 202 valence electrons. The second kappa shape index (κ2) is 12.9. The van der Waals surface area contributed by atoms with Gasteiger partial charge in [-0.05, 0) is 35.4 Å². The Labute approximate surface area is 216 Å². The fourth-order valence-corrected chi connectivity index (χ4v) is 3.28. The molecule has 0 saturated carbocycles. The Morgan fingerprint density at radius 2 is 1.55 bits per heavy atom. The predicted octanol–water partition coefficient (Wildman–Crippen LogP) is 0.809. The third kappa shape index (κ3) is 7.65. The highest BCUT2D eigenvalue weighted by Gasteiger charge is 2.54. The van der Waals surface area contributed by atoms with Crippen molar-refractivity contribution in [2.75, 3.05) is 17.2 Å². The number of carbonyl (C=O) groups is 3.